The summed E-state index contributed by atoms with van der Waals surface area (Å²) in [6, 6.07) is 8.42. The lowest BCUT2D eigenvalue weighted by Gasteiger charge is -1.95. The number of hydrogen-bond acceptors (Lipinski definition) is 3. The van der Waals surface area contributed by atoms with Crippen LogP contribution in [0.1, 0.15) is 6.92 Å². The first-order valence-electron chi connectivity index (χ1n) is 6.03. The molecule has 0 spiro atoms. The van der Waals surface area contributed by atoms with Gasteiger partial charge in [-0.1, -0.05) is 18.2 Å². The molecule has 0 aliphatic rings. The molecule has 0 radical (unpaired) electrons. The van der Waals surface area contributed by atoms with Crippen LogP contribution in [-0.2, 0) is 7.05 Å². The fourth-order valence-corrected chi connectivity index (χ4v) is 2.96. The third-order valence-corrected chi connectivity index (χ3v) is 3.81. The normalized spacial score (nSPS) is 11.0. The number of para-hydroxylation sites is 1. The van der Waals surface area contributed by atoms with Crippen LogP contribution in [0.15, 0.2) is 35.8 Å². The standard InChI is InChI=1S/C14H15N3S/c1-3-15-14-16-12(9-18-14)11-8-17(2)13-7-5-4-6-10(11)13/h4-9H,3H2,1-2H3,(H,15,16). The maximum absolute atomic E-state index is 4.63. The topological polar surface area (TPSA) is 29.9 Å². The summed E-state index contributed by atoms with van der Waals surface area (Å²) >= 11 is 1.66. The molecule has 0 aliphatic carbocycles. The second-order valence-electron chi connectivity index (χ2n) is 4.24. The minimum absolute atomic E-state index is 0.905. The van der Waals surface area contributed by atoms with Gasteiger partial charge in [-0.3, -0.25) is 0 Å². The molecule has 0 fully saturated rings. The van der Waals surface area contributed by atoms with Crippen molar-refractivity contribution in [3.05, 3.63) is 35.8 Å². The van der Waals surface area contributed by atoms with E-state index in [1.165, 1.54) is 16.5 Å². The molecule has 4 heteroatoms. The van der Waals surface area contributed by atoms with Crippen molar-refractivity contribution in [2.45, 2.75) is 6.92 Å². The Labute approximate surface area is 110 Å². The average Bonchev–Trinajstić information content (AvgIpc) is 2.96. The molecule has 0 unspecified atom stereocenters. The van der Waals surface area contributed by atoms with Crippen LogP contribution in [0.3, 0.4) is 0 Å². The van der Waals surface area contributed by atoms with E-state index in [4.69, 9.17) is 0 Å². The molecule has 0 aliphatic heterocycles. The van der Waals surface area contributed by atoms with Gasteiger partial charge in [0, 0.05) is 41.6 Å². The first-order valence-corrected chi connectivity index (χ1v) is 6.91. The van der Waals surface area contributed by atoms with Gasteiger partial charge in [-0.25, -0.2) is 4.98 Å². The minimum atomic E-state index is 0.905. The van der Waals surface area contributed by atoms with E-state index >= 15 is 0 Å². The van der Waals surface area contributed by atoms with Crippen molar-refractivity contribution in [3.8, 4) is 11.3 Å². The van der Waals surface area contributed by atoms with E-state index < -0.39 is 0 Å². The number of aromatic nitrogens is 2. The molecule has 18 heavy (non-hydrogen) atoms. The van der Waals surface area contributed by atoms with Gasteiger partial charge in [0.05, 0.1) is 5.69 Å². The largest absolute Gasteiger partial charge is 0.362 e. The Morgan fingerprint density at radius 3 is 3.00 bits per heavy atom. The smallest absolute Gasteiger partial charge is 0.183 e. The van der Waals surface area contributed by atoms with Crippen LogP contribution >= 0.6 is 11.3 Å². The lowest BCUT2D eigenvalue weighted by Crippen LogP contribution is -1.94. The van der Waals surface area contributed by atoms with E-state index in [1.807, 2.05) is 0 Å². The highest BCUT2D eigenvalue weighted by Crippen LogP contribution is 2.31. The average molecular weight is 257 g/mol. The van der Waals surface area contributed by atoms with E-state index in [9.17, 15) is 0 Å². The summed E-state index contributed by atoms with van der Waals surface area (Å²) in [5, 5.41) is 7.61. The number of benzene rings is 1. The SMILES string of the molecule is CCNc1nc(-c2cn(C)c3ccccc23)cs1. The maximum atomic E-state index is 4.63. The highest BCUT2D eigenvalue weighted by molar-refractivity contribution is 7.14. The number of thiazole rings is 1. The summed E-state index contributed by atoms with van der Waals surface area (Å²) < 4.78 is 2.15. The van der Waals surface area contributed by atoms with Gasteiger partial charge in [0.2, 0.25) is 0 Å². The zero-order valence-electron chi connectivity index (χ0n) is 10.5. The first-order chi connectivity index (χ1) is 8.79. The highest BCUT2D eigenvalue weighted by atomic mass is 32.1. The summed E-state index contributed by atoms with van der Waals surface area (Å²) in [5.74, 6) is 0. The zero-order chi connectivity index (χ0) is 12.5. The number of aryl methyl sites for hydroxylation is 1. The van der Waals surface area contributed by atoms with Crippen LogP contribution in [0.5, 0.6) is 0 Å². The van der Waals surface area contributed by atoms with E-state index in [-0.39, 0.29) is 0 Å². The summed E-state index contributed by atoms with van der Waals surface area (Å²) in [7, 11) is 2.07. The lowest BCUT2D eigenvalue weighted by atomic mass is 10.1. The van der Waals surface area contributed by atoms with Gasteiger partial charge >= 0.3 is 0 Å². The van der Waals surface area contributed by atoms with Crippen molar-refractivity contribution < 1.29 is 0 Å². The Bertz CT molecular complexity index is 681. The van der Waals surface area contributed by atoms with Crippen molar-refractivity contribution >= 4 is 27.4 Å². The van der Waals surface area contributed by atoms with Crippen LogP contribution in [0, 0.1) is 0 Å². The van der Waals surface area contributed by atoms with E-state index in [0.717, 1.165) is 17.4 Å². The highest BCUT2D eigenvalue weighted by Gasteiger charge is 2.10. The molecule has 3 aromatic rings. The van der Waals surface area contributed by atoms with Gasteiger partial charge in [0.15, 0.2) is 5.13 Å². The zero-order valence-corrected chi connectivity index (χ0v) is 11.3. The van der Waals surface area contributed by atoms with Gasteiger partial charge < -0.3 is 9.88 Å². The molecule has 1 N–H and O–H groups in total. The van der Waals surface area contributed by atoms with Gasteiger partial charge in [-0.2, -0.15) is 0 Å². The van der Waals surface area contributed by atoms with Crippen LogP contribution in [0.25, 0.3) is 22.2 Å². The summed E-state index contributed by atoms with van der Waals surface area (Å²) in [4.78, 5) is 4.63. The Hall–Kier alpha value is -1.81. The Kier molecular flexibility index (Phi) is 2.80. The van der Waals surface area contributed by atoms with Crippen molar-refractivity contribution in [2.75, 3.05) is 11.9 Å². The summed E-state index contributed by atoms with van der Waals surface area (Å²) in [6.45, 7) is 2.99. The van der Waals surface area contributed by atoms with Crippen LogP contribution in [0.4, 0.5) is 5.13 Å². The summed E-state index contributed by atoms with van der Waals surface area (Å²) in [6.07, 6.45) is 2.15. The molecule has 2 aromatic heterocycles. The summed E-state index contributed by atoms with van der Waals surface area (Å²) in [5.41, 5.74) is 3.49. The number of fused-ring (bicyclic) bond motifs is 1. The third-order valence-electron chi connectivity index (χ3n) is 3.01. The fourth-order valence-electron chi connectivity index (χ4n) is 2.18. The molecular formula is C14H15N3S. The maximum Gasteiger partial charge on any atom is 0.183 e. The quantitative estimate of drug-likeness (QED) is 0.774. The molecule has 3 rings (SSSR count). The Morgan fingerprint density at radius 2 is 2.17 bits per heavy atom. The van der Waals surface area contributed by atoms with Gasteiger partial charge in [0.25, 0.3) is 0 Å². The molecule has 0 bridgehead atoms. The van der Waals surface area contributed by atoms with Crippen molar-refractivity contribution in [1.82, 2.24) is 9.55 Å². The van der Waals surface area contributed by atoms with Gasteiger partial charge in [0.1, 0.15) is 0 Å². The third kappa shape index (κ3) is 1.78. The van der Waals surface area contributed by atoms with Crippen molar-refractivity contribution in [1.29, 1.82) is 0 Å². The van der Waals surface area contributed by atoms with Crippen molar-refractivity contribution in [3.63, 3.8) is 0 Å². The fraction of sp³-hybridized carbons (Fsp3) is 0.214. The molecule has 0 amide bonds. The molecule has 0 saturated carbocycles. The van der Waals surface area contributed by atoms with E-state index in [2.05, 4.69) is 64.7 Å². The van der Waals surface area contributed by atoms with Crippen LogP contribution < -0.4 is 5.32 Å². The Morgan fingerprint density at radius 1 is 1.33 bits per heavy atom. The van der Waals surface area contributed by atoms with Gasteiger partial charge in [-0.05, 0) is 13.0 Å². The number of hydrogen-bond donors (Lipinski definition) is 1. The monoisotopic (exact) mass is 257 g/mol. The predicted octanol–water partition coefficient (Wildman–Crippen LogP) is 3.73. The molecule has 0 saturated heterocycles. The number of nitrogens with zero attached hydrogens (tertiary/aromatic N) is 2. The second kappa shape index (κ2) is 4.46. The van der Waals surface area contributed by atoms with Crippen LogP contribution in [-0.4, -0.2) is 16.1 Å². The van der Waals surface area contributed by atoms with Gasteiger partial charge in [-0.15, -0.1) is 11.3 Å². The minimum Gasteiger partial charge on any atom is -0.362 e. The Balaban J connectivity index is 2.13. The number of rotatable bonds is 3. The van der Waals surface area contributed by atoms with Crippen molar-refractivity contribution in [2.24, 2.45) is 7.05 Å². The second-order valence-corrected chi connectivity index (χ2v) is 5.10. The predicted molar refractivity (Wildman–Crippen MR) is 78.2 cm³/mol. The first kappa shape index (κ1) is 11.3. The van der Waals surface area contributed by atoms with E-state index in [1.54, 1.807) is 11.3 Å². The van der Waals surface area contributed by atoms with Crippen LogP contribution in [0.2, 0.25) is 0 Å². The number of anilines is 1. The molecule has 92 valence electrons. The molecule has 0 atom stereocenters. The lowest BCUT2D eigenvalue weighted by molar-refractivity contribution is 0.969. The molecule has 1 aromatic carbocycles. The molecule has 2 heterocycles. The van der Waals surface area contributed by atoms with E-state index in [0.29, 0.717) is 0 Å². The molecule has 3 nitrogen and oxygen atoms in total. The molecular weight excluding hydrogens is 242 g/mol. The number of nitrogens with one attached hydrogen (secondary N) is 1.